The molecule has 1 aromatic carbocycles. The molecule has 1 rings (SSSR count). The molecule has 0 saturated heterocycles. The molecule has 1 amide bonds. The number of rotatable bonds is 7. The zero-order valence-electron chi connectivity index (χ0n) is 12.4. The summed E-state index contributed by atoms with van der Waals surface area (Å²) in [5, 5.41) is 0. The highest BCUT2D eigenvalue weighted by atomic mass is 79.9. The second kappa shape index (κ2) is 7.64. The highest BCUT2D eigenvalue weighted by Crippen LogP contribution is 2.23. The van der Waals surface area contributed by atoms with Crippen molar-refractivity contribution in [3.63, 3.8) is 0 Å². The van der Waals surface area contributed by atoms with Gasteiger partial charge in [-0.1, -0.05) is 26.0 Å². The molecule has 0 heterocycles. The minimum absolute atomic E-state index is 0.0618. The van der Waals surface area contributed by atoms with E-state index in [1.165, 1.54) is 0 Å². The van der Waals surface area contributed by atoms with Gasteiger partial charge in [0.2, 0.25) is 5.91 Å². The summed E-state index contributed by atoms with van der Waals surface area (Å²) in [6.45, 7) is 5.67. The van der Waals surface area contributed by atoms with Gasteiger partial charge in [-0.05, 0) is 40.0 Å². The zero-order valence-corrected chi connectivity index (χ0v) is 13.9. The van der Waals surface area contributed by atoms with E-state index in [1.54, 1.807) is 11.9 Å². The van der Waals surface area contributed by atoms with E-state index >= 15 is 0 Å². The predicted molar refractivity (Wildman–Crippen MR) is 84.7 cm³/mol. The van der Waals surface area contributed by atoms with Crippen LogP contribution < -0.4 is 10.5 Å². The molecular formula is C15H23BrN2O2. The van der Waals surface area contributed by atoms with Gasteiger partial charge in [0.15, 0.2) is 0 Å². The van der Waals surface area contributed by atoms with Crippen LogP contribution in [0.3, 0.4) is 0 Å². The first-order valence-electron chi connectivity index (χ1n) is 6.67. The molecule has 5 heteroatoms. The number of para-hydroxylation sites is 1. The molecule has 0 spiro atoms. The quantitative estimate of drug-likeness (QED) is 0.828. The fourth-order valence-electron chi connectivity index (χ4n) is 1.80. The largest absolute Gasteiger partial charge is 0.492 e. The topological polar surface area (TPSA) is 55.6 Å². The van der Waals surface area contributed by atoms with E-state index < -0.39 is 0 Å². The number of halogens is 1. The van der Waals surface area contributed by atoms with Crippen LogP contribution >= 0.6 is 15.9 Å². The van der Waals surface area contributed by atoms with Crippen LogP contribution in [0, 0.1) is 5.41 Å². The van der Waals surface area contributed by atoms with E-state index in [1.807, 2.05) is 38.1 Å². The van der Waals surface area contributed by atoms with Gasteiger partial charge in [0.25, 0.3) is 0 Å². The normalized spacial score (nSPS) is 11.2. The molecule has 0 unspecified atom stereocenters. The van der Waals surface area contributed by atoms with E-state index in [2.05, 4.69) is 15.9 Å². The molecule has 0 atom stereocenters. The summed E-state index contributed by atoms with van der Waals surface area (Å²) < 4.78 is 6.49. The molecule has 112 valence electrons. The Morgan fingerprint density at radius 2 is 2.05 bits per heavy atom. The van der Waals surface area contributed by atoms with Crippen molar-refractivity contribution in [3.05, 3.63) is 28.7 Å². The Kier molecular flexibility index (Phi) is 6.49. The van der Waals surface area contributed by atoms with Crippen molar-refractivity contribution in [2.75, 3.05) is 26.7 Å². The predicted octanol–water partition coefficient (Wildman–Crippen LogP) is 2.66. The first-order chi connectivity index (χ1) is 9.35. The molecule has 1 aromatic rings. The van der Waals surface area contributed by atoms with Crippen molar-refractivity contribution in [1.29, 1.82) is 0 Å². The van der Waals surface area contributed by atoms with Crippen LogP contribution in [-0.2, 0) is 4.79 Å². The third-order valence-corrected chi connectivity index (χ3v) is 3.71. The number of carbonyl (C=O) groups is 1. The highest BCUT2D eigenvalue weighted by Gasteiger charge is 2.20. The molecule has 0 aromatic heterocycles. The van der Waals surface area contributed by atoms with Crippen LogP contribution in [0.4, 0.5) is 0 Å². The molecule has 0 aliphatic rings. The molecule has 0 aliphatic heterocycles. The minimum Gasteiger partial charge on any atom is -0.492 e. The van der Waals surface area contributed by atoms with Gasteiger partial charge in [-0.25, -0.2) is 0 Å². The van der Waals surface area contributed by atoms with Gasteiger partial charge in [-0.2, -0.15) is 0 Å². The Morgan fingerprint density at radius 1 is 1.40 bits per heavy atom. The lowest BCUT2D eigenvalue weighted by Gasteiger charge is -2.29. The van der Waals surface area contributed by atoms with Crippen molar-refractivity contribution >= 4 is 21.8 Å². The maximum Gasteiger partial charge on any atom is 0.225 e. The smallest absolute Gasteiger partial charge is 0.225 e. The van der Waals surface area contributed by atoms with Crippen LogP contribution in [0.1, 0.15) is 20.3 Å². The van der Waals surface area contributed by atoms with Gasteiger partial charge in [0, 0.05) is 13.6 Å². The number of carbonyl (C=O) groups excluding carboxylic acids is 1. The van der Waals surface area contributed by atoms with Crippen molar-refractivity contribution in [1.82, 2.24) is 4.90 Å². The van der Waals surface area contributed by atoms with Crippen LogP contribution in [0.25, 0.3) is 0 Å². The Labute approximate surface area is 129 Å². The third-order valence-electron chi connectivity index (χ3n) is 3.05. The summed E-state index contributed by atoms with van der Waals surface area (Å²) in [6, 6.07) is 7.60. The lowest BCUT2D eigenvalue weighted by molar-refractivity contribution is -0.131. The average molecular weight is 343 g/mol. The first-order valence-corrected chi connectivity index (χ1v) is 7.46. The molecule has 0 aliphatic carbocycles. The molecule has 0 fully saturated rings. The van der Waals surface area contributed by atoms with Gasteiger partial charge < -0.3 is 15.4 Å². The van der Waals surface area contributed by atoms with E-state index in [4.69, 9.17) is 10.5 Å². The number of hydrogen-bond acceptors (Lipinski definition) is 3. The summed E-state index contributed by atoms with van der Waals surface area (Å²) >= 11 is 3.41. The molecule has 0 bridgehead atoms. The summed E-state index contributed by atoms with van der Waals surface area (Å²) in [7, 11) is 1.80. The number of amides is 1. The van der Waals surface area contributed by atoms with Crippen molar-refractivity contribution in [3.8, 4) is 5.75 Å². The average Bonchev–Trinajstić information content (AvgIpc) is 2.40. The minimum atomic E-state index is -0.0618. The number of hydrogen-bond donors (Lipinski definition) is 1. The van der Waals surface area contributed by atoms with E-state index in [9.17, 15) is 4.79 Å². The molecule has 20 heavy (non-hydrogen) atoms. The fourth-order valence-corrected chi connectivity index (χ4v) is 2.19. The number of nitrogens with two attached hydrogens (primary N) is 1. The monoisotopic (exact) mass is 342 g/mol. The van der Waals surface area contributed by atoms with Gasteiger partial charge in [-0.3, -0.25) is 4.79 Å². The molecule has 0 radical (unpaired) electrons. The number of benzene rings is 1. The van der Waals surface area contributed by atoms with E-state index in [0.717, 1.165) is 10.2 Å². The summed E-state index contributed by atoms with van der Waals surface area (Å²) in [4.78, 5) is 13.7. The van der Waals surface area contributed by atoms with Crippen molar-refractivity contribution < 1.29 is 9.53 Å². The van der Waals surface area contributed by atoms with Crippen LogP contribution in [0.2, 0.25) is 0 Å². The molecule has 4 nitrogen and oxygen atoms in total. The summed E-state index contributed by atoms with van der Waals surface area (Å²) in [5.74, 6) is 0.823. The lowest BCUT2D eigenvalue weighted by Crippen LogP contribution is -2.40. The van der Waals surface area contributed by atoms with E-state index in [-0.39, 0.29) is 11.3 Å². The first kappa shape index (κ1) is 17.0. The molecule has 0 saturated carbocycles. The molecular weight excluding hydrogens is 320 g/mol. The Bertz CT molecular complexity index is 449. The Morgan fingerprint density at radius 3 is 2.65 bits per heavy atom. The molecule has 2 N–H and O–H groups in total. The number of nitrogens with zero attached hydrogens (tertiary/aromatic N) is 1. The maximum atomic E-state index is 12.0. The third kappa shape index (κ3) is 5.51. The SMILES string of the molecule is CN(CC(C)(C)CN)C(=O)CCOc1ccccc1Br. The van der Waals surface area contributed by atoms with Gasteiger partial charge in [0.1, 0.15) is 5.75 Å². The van der Waals surface area contributed by atoms with E-state index in [0.29, 0.717) is 26.1 Å². The lowest BCUT2D eigenvalue weighted by atomic mass is 9.93. The second-order valence-corrected chi connectivity index (χ2v) is 6.50. The van der Waals surface area contributed by atoms with Gasteiger partial charge in [-0.15, -0.1) is 0 Å². The highest BCUT2D eigenvalue weighted by molar-refractivity contribution is 9.10. The fraction of sp³-hybridized carbons (Fsp3) is 0.533. The van der Waals surface area contributed by atoms with Crippen LogP contribution in [-0.4, -0.2) is 37.6 Å². The van der Waals surface area contributed by atoms with Crippen LogP contribution in [0.5, 0.6) is 5.75 Å². The Balaban J connectivity index is 2.38. The second-order valence-electron chi connectivity index (χ2n) is 5.65. The summed E-state index contributed by atoms with van der Waals surface area (Å²) in [5.41, 5.74) is 5.62. The van der Waals surface area contributed by atoms with Crippen molar-refractivity contribution in [2.45, 2.75) is 20.3 Å². The maximum absolute atomic E-state index is 12.0. The standard InChI is InChI=1S/C15H23BrN2O2/c1-15(2,10-17)11-18(3)14(19)8-9-20-13-7-5-4-6-12(13)16/h4-7H,8-11,17H2,1-3H3. The number of ether oxygens (including phenoxy) is 1. The van der Waals surface area contributed by atoms with Gasteiger partial charge in [0.05, 0.1) is 17.5 Å². The van der Waals surface area contributed by atoms with Crippen molar-refractivity contribution in [2.24, 2.45) is 11.1 Å². The van der Waals surface area contributed by atoms with Crippen LogP contribution in [0.15, 0.2) is 28.7 Å². The van der Waals surface area contributed by atoms with Gasteiger partial charge >= 0.3 is 0 Å². The Hall–Kier alpha value is -1.07. The summed E-state index contributed by atoms with van der Waals surface area (Å²) in [6.07, 6.45) is 0.360. The zero-order chi connectivity index (χ0) is 15.2.